The van der Waals surface area contributed by atoms with E-state index >= 15 is 0 Å². The average Bonchev–Trinajstić information content (AvgIpc) is 0.751. The third kappa shape index (κ3) is 31.7. The number of methoxy groups -OCH3 is 4. The van der Waals surface area contributed by atoms with Crippen LogP contribution in [0.4, 0.5) is 0 Å². The van der Waals surface area contributed by atoms with E-state index in [0.29, 0.717) is 220 Å². The molecule has 0 aromatic heterocycles. The topological polar surface area (TPSA) is 148 Å². The zero-order valence-electron chi connectivity index (χ0n) is 74.6. The first-order valence-electron chi connectivity index (χ1n) is 43.6. The highest BCUT2D eigenvalue weighted by Crippen LogP contribution is 2.34. The van der Waals surface area contributed by atoms with Crippen LogP contribution in [0.1, 0.15) is 0 Å². The molecule has 0 heterocycles. The Kier molecular flexibility index (Phi) is 39.0. The third-order valence-corrected chi connectivity index (χ3v) is 19.7. The van der Waals surface area contributed by atoms with Crippen molar-refractivity contribution >= 4 is 129 Å². The molecule has 0 radical (unpaired) electrons. The maximum absolute atomic E-state index is 6.38. The van der Waals surface area contributed by atoms with Crippen molar-refractivity contribution in [1.29, 1.82) is 0 Å². The lowest BCUT2D eigenvalue weighted by Gasteiger charge is -2.08. The summed E-state index contributed by atoms with van der Waals surface area (Å²) in [5.74, 6) is 2.22. The zero-order chi connectivity index (χ0) is 90.9. The molecule has 0 unspecified atom stereocenters. The second kappa shape index (κ2) is 54.1. The minimum Gasteiger partial charge on any atom is -0.491 e. The summed E-state index contributed by atoms with van der Waals surface area (Å²) in [7, 11) is 6.56. The first-order valence-corrected chi connectivity index (χ1v) is 43.6. The van der Waals surface area contributed by atoms with Gasteiger partial charge >= 0.3 is 0 Å². The van der Waals surface area contributed by atoms with Gasteiger partial charge in [0.15, 0.2) is 0 Å². The lowest BCUT2D eigenvalue weighted by atomic mass is 9.96. The number of hydrogen-bond acceptors (Lipinski definition) is 16. The molecular weight excluding hydrogens is 1650 g/mol. The Labute approximate surface area is 774 Å². The summed E-state index contributed by atoms with van der Waals surface area (Å²) < 4.78 is 92.0. The third-order valence-electron chi connectivity index (χ3n) is 19.7. The van der Waals surface area contributed by atoms with Gasteiger partial charge in [-0.3, -0.25) is 0 Å². The van der Waals surface area contributed by atoms with Gasteiger partial charge in [0.25, 0.3) is 0 Å². The van der Waals surface area contributed by atoms with Crippen molar-refractivity contribution in [2.45, 2.75) is 0 Å². The monoisotopic (exact) mass is 1750 g/mol. The summed E-state index contributed by atoms with van der Waals surface area (Å²) in [6, 6.07) is 147. The van der Waals surface area contributed by atoms with E-state index in [4.69, 9.17) is 75.8 Å². The molecule has 0 aliphatic carbocycles. The Bertz CT molecular complexity index is 6190. The Morgan fingerprint density at radius 2 is 0.379 bits per heavy atom. The SMILES string of the molecule is COCCOCCOCCOc1cc2c#cc3cccc(c#cc4ccc5ccccc5c4c4c(c#cc5cccc(c#cc6cc(OCCOCCOCCOC)cc(c#cc7cc(OCCOCCOCCOC)cc(c#cc8ccccc8c#cc#cc8ccccc8c#cc8cc(OCCOCCOCCOC)cc(c#cc(c1)c2)c8)c7)c6)c5)ccc1ccccc14)c3. The molecule has 13 aromatic carbocycles. The Hall–Kier alpha value is -14.5. The van der Waals surface area contributed by atoms with Gasteiger partial charge in [-0.25, -0.2) is 0 Å². The summed E-state index contributed by atoms with van der Waals surface area (Å²) in [5, 5.41) is 18.9. The number of fused-ring (bicyclic) bond motifs is 21. The van der Waals surface area contributed by atoms with Crippen LogP contribution in [0.25, 0.3) is 129 Å². The van der Waals surface area contributed by atoms with E-state index in [-0.39, 0.29) is 26.4 Å². The average molecular weight is 1750 g/mol. The highest BCUT2D eigenvalue weighted by Gasteiger charge is 2.09. The molecule has 0 saturated heterocycles. The van der Waals surface area contributed by atoms with Crippen molar-refractivity contribution in [3.63, 3.8) is 0 Å². The molecule has 0 atom stereocenters. The van der Waals surface area contributed by atoms with Crippen molar-refractivity contribution < 1.29 is 75.8 Å². The molecule has 0 amide bonds. The number of rotatable bonds is 40. The molecule has 12 bridgehead atoms. The molecule has 0 aliphatic heterocycles. The normalized spacial score (nSPS) is 10.5. The highest BCUT2D eigenvalue weighted by molar-refractivity contribution is 6.26. The van der Waals surface area contributed by atoms with Gasteiger partial charge < -0.3 is 75.8 Å². The molecule has 132 heavy (non-hydrogen) atoms. The number of hydrogen-bond donors (Lipinski definition) is 0. The fraction of sp³-hybridized carbons (Fsp3) is 0.241. The van der Waals surface area contributed by atoms with E-state index in [1.165, 1.54) is 0 Å². The Morgan fingerprint density at radius 1 is 0.167 bits per heavy atom. The van der Waals surface area contributed by atoms with Gasteiger partial charge in [0.2, 0.25) is 0 Å². The Balaban J connectivity index is 0.966. The van der Waals surface area contributed by atoms with Crippen LogP contribution in [0.15, 0.2) is 243 Å². The second-order valence-electron chi connectivity index (χ2n) is 29.4. The molecule has 0 N–H and O–H groups in total. The highest BCUT2D eigenvalue weighted by atomic mass is 16.6. The van der Waals surface area contributed by atoms with Crippen LogP contribution in [0, 0.1) is 121 Å². The van der Waals surface area contributed by atoms with E-state index in [9.17, 15) is 0 Å². The first-order chi connectivity index (χ1) is 65.3. The predicted octanol–water partition coefficient (Wildman–Crippen LogP) is 21.3. The van der Waals surface area contributed by atoms with Crippen molar-refractivity contribution in [3.05, 3.63) is 364 Å². The molecule has 0 spiro atoms. The minimum atomic E-state index is 0.257. The van der Waals surface area contributed by atoms with Crippen LogP contribution >= 0.6 is 0 Å². The molecule has 0 fully saturated rings. The zero-order valence-corrected chi connectivity index (χ0v) is 74.6. The molecule has 0 aliphatic rings. The van der Waals surface area contributed by atoms with Crippen molar-refractivity contribution in [1.82, 2.24) is 0 Å². The fourth-order valence-electron chi connectivity index (χ4n) is 13.4. The molecule has 660 valence electrons. The van der Waals surface area contributed by atoms with Gasteiger partial charge in [0.05, 0.1) is 132 Å². The summed E-state index contributed by atoms with van der Waals surface area (Å²) >= 11 is 0. The largest absolute Gasteiger partial charge is 0.491 e. The van der Waals surface area contributed by atoms with Crippen LogP contribution < -0.4 is 18.9 Å². The molecular formula is C116H100O16. The lowest BCUT2D eigenvalue weighted by Crippen LogP contribution is -2.12. The van der Waals surface area contributed by atoms with Crippen molar-refractivity contribution in [3.8, 4) is 23.0 Å². The van der Waals surface area contributed by atoms with Crippen molar-refractivity contribution in [2.24, 2.45) is 0 Å². The number of ether oxygens (including phenoxy) is 16. The van der Waals surface area contributed by atoms with Crippen LogP contribution in [-0.2, 0) is 56.8 Å². The van der Waals surface area contributed by atoms with Gasteiger partial charge in [0, 0.05) is 136 Å². The summed E-state index contributed by atoms with van der Waals surface area (Å²) in [5.41, 5.74) is 0. The van der Waals surface area contributed by atoms with Crippen LogP contribution in [-0.4, -0.2) is 187 Å². The molecule has 13 aromatic rings. The lowest BCUT2D eigenvalue weighted by molar-refractivity contribution is 0.0180. The minimum absolute atomic E-state index is 0.257. The van der Waals surface area contributed by atoms with E-state index in [2.05, 4.69) is 194 Å². The van der Waals surface area contributed by atoms with Crippen LogP contribution in [0.5, 0.6) is 23.0 Å². The quantitative estimate of drug-likeness (QED) is 0.0335. The molecule has 16 nitrogen and oxygen atoms in total. The van der Waals surface area contributed by atoms with Gasteiger partial charge in [-0.15, -0.1) is 0 Å². The van der Waals surface area contributed by atoms with Gasteiger partial charge in [-0.2, -0.15) is 0 Å². The van der Waals surface area contributed by atoms with E-state index in [1.807, 2.05) is 170 Å². The van der Waals surface area contributed by atoms with Gasteiger partial charge in [0.1, 0.15) is 49.4 Å². The molecule has 0 saturated carbocycles. The van der Waals surface area contributed by atoms with Crippen LogP contribution in [0.2, 0.25) is 0 Å². The van der Waals surface area contributed by atoms with Crippen LogP contribution in [0.3, 0.4) is 0 Å². The number of benzene rings is 12. The second-order valence-corrected chi connectivity index (χ2v) is 29.4. The first kappa shape index (κ1) is 95.1. The standard InChI is InChI=1S/C116H100O16/c1-117-51-55-121-59-63-125-67-71-129-109-81-93-33-31-89-17-15-19-91(75-89)39-45-107-49-47-105-27-11-13-29-113(105)115(107)116-108(50-48-106-28-12-14-30-114(106)116)46-40-92-20-16-18-90(76-92)32-34-94-78-96(84-110(82-94)130-72-68-126-64-60-122-56-52-118-2)36-38-98-80-100(88-112(86-98)132-74-70-128-66-62-124-58-54-120-4)42-44-104-26-10-8-24-102(104)22-6-5-21-101-23-7-9-25-103(101)43-41-99-79-97(37-35-95(77-93)83-109)85-111(87-99)131-73-69-127-65-61-123-57-53-119-3/h7-20,23-30,47-50,75-88H,51-74H2,1-4H3. The smallest absolute Gasteiger partial charge is 0.121 e. The maximum Gasteiger partial charge on any atom is 0.121 e. The fourth-order valence-corrected chi connectivity index (χ4v) is 13.4. The van der Waals surface area contributed by atoms with E-state index in [1.54, 1.807) is 28.4 Å². The predicted molar refractivity (Wildman–Crippen MR) is 519 cm³/mol. The molecule has 13 rings (SSSR count). The molecule has 16 heteroatoms. The van der Waals surface area contributed by atoms with E-state index in [0.717, 1.165) is 64.6 Å². The Morgan fingerprint density at radius 3 is 0.659 bits per heavy atom. The van der Waals surface area contributed by atoms with Gasteiger partial charge in [-0.1, -0.05) is 206 Å². The van der Waals surface area contributed by atoms with E-state index < -0.39 is 0 Å². The summed E-state index contributed by atoms with van der Waals surface area (Å²) in [6.45, 7) is 9.53. The maximum atomic E-state index is 6.38. The summed E-state index contributed by atoms with van der Waals surface area (Å²) in [4.78, 5) is 0. The van der Waals surface area contributed by atoms with Crippen molar-refractivity contribution in [2.75, 3.05) is 187 Å². The van der Waals surface area contributed by atoms with Gasteiger partial charge in [-0.05, 0) is 179 Å². The summed E-state index contributed by atoms with van der Waals surface area (Å²) in [6.07, 6.45) is 0.